The van der Waals surface area contributed by atoms with Gasteiger partial charge in [-0.2, -0.15) is 5.26 Å². The third-order valence-electron chi connectivity index (χ3n) is 4.92. The first kappa shape index (κ1) is 19.6. The Hall–Kier alpha value is -3.35. The Morgan fingerprint density at radius 3 is 2.84 bits per heavy atom. The zero-order valence-corrected chi connectivity index (χ0v) is 17.7. The van der Waals surface area contributed by atoms with E-state index in [9.17, 15) is 4.79 Å². The predicted molar refractivity (Wildman–Crippen MR) is 114 cm³/mol. The summed E-state index contributed by atoms with van der Waals surface area (Å²) in [5, 5.41) is 21.2. The number of amides is 1. The van der Waals surface area contributed by atoms with Crippen molar-refractivity contribution in [2.45, 2.75) is 31.2 Å². The number of rotatable bonds is 6. The topological polar surface area (TPSA) is 118 Å². The van der Waals surface area contributed by atoms with Crippen molar-refractivity contribution in [3.8, 4) is 17.3 Å². The van der Waals surface area contributed by atoms with Gasteiger partial charge in [0.15, 0.2) is 0 Å². The summed E-state index contributed by atoms with van der Waals surface area (Å²) < 4.78 is 6.63. The number of fused-ring (bicyclic) bond motifs is 1. The highest BCUT2D eigenvalue weighted by molar-refractivity contribution is 7.18. The maximum atomic E-state index is 12.1. The number of aromatic nitrogens is 4. The van der Waals surface area contributed by atoms with E-state index < -0.39 is 5.54 Å². The Labute approximate surface area is 185 Å². The summed E-state index contributed by atoms with van der Waals surface area (Å²) >= 11 is 7.45. The van der Waals surface area contributed by atoms with Gasteiger partial charge in [0, 0.05) is 11.8 Å². The Balaban J connectivity index is 1.28. The van der Waals surface area contributed by atoms with Gasteiger partial charge in [-0.05, 0) is 37.1 Å². The average Bonchev–Trinajstić information content (AvgIpc) is 3.20. The van der Waals surface area contributed by atoms with Crippen LogP contribution in [0.3, 0.4) is 0 Å². The third kappa shape index (κ3) is 4.26. The first-order valence-corrected chi connectivity index (χ1v) is 10.8. The van der Waals surface area contributed by atoms with E-state index in [1.54, 1.807) is 6.20 Å². The lowest BCUT2D eigenvalue weighted by atomic mass is 10.1. The minimum absolute atomic E-state index is 0.0479. The van der Waals surface area contributed by atoms with Gasteiger partial charge in [0.25, 0.3) is 0 Å². The number of hydrogen-bond acceptors (Lipinski definition) is 8. The molecule has 10 heteroatoms. The van der Waals surface area contributed by atoms with Gasteiger partial charge in [-0.3, -0.25) is 9.78 Å². The fourth-order valence-electron chi connectivity index (χ4n) is 3.15. The number of nitriles is 1. The second kappa shape index (κ2) is 7.72. The standard InChI is InChI=1S/C21H15ClN6O2S/c22-13-2-4-14(24-10-13)12-1-3-15-16(7-12)31-20(25-15)9-19-28-27-18(30-19)8-17(29)26-21(11-23)5-6-21/h1-4,7,10H,5-6,8-9H2,(H,26,29). The molecule has 0 radical (unpaired) electrons. The molecule has 0 unspecified atom stereocenters. The number of nitrogens with zero attached hydrogens (tertiary/aromatic N) is 5. The van der Waals surface area contributed by atoms with Crippen LogP contribution in [0.5, 0.6) is 0 Å². The van der Waals surface area contributed by atoms with E-state index in [1.807, 2.05) is 30.3 Å². The first-order valence-electron chi connectivity index (χ1n) is 9.57. The Morgan fingerprint density at radius 2 is 2.10 bits per heavy atom. The number of halogens is 1. The normalized spacial score (nSPS) is 14.3. The van der Waals surface area contributed by atoms with Gasteiger partial charge in [-0.1, -0.05) is 17.7 Å². The van der Waals surface area contributed by atoms with Crippen LogP contribution in [0.15, 0.2) is 40.9 Å². The van der Waals surface area contributed by atoms with Crippen LogP contribution in [0.1, 0.15) is 29.6 Å². The van der Waals surface area contributed by atoms with Crippen LogP contribution < -0.4 is 5.32 Å². The van der Waals surface area contributed by atoms with Crippen LogP contribution in [0.25, 0.3) is 21.5 Å². The van der Waals surface area contributed by atoms with E-state index in [0.29, 0.717) is 30.2 Å². The lowest BCUT2D eigenvalue weighted by Crippen LogP contribution is -2.36. The first-order chi connectivity index (χ1) is 15.0. The number of benzene rings is 1. The highest BCUT2D eigenvalue weighted by atomic mass is 35.5. The lowest BCUT2D eigenvalue weighted by molar-refractivity contribution is -0.121. The van der Waals surface area contributed by atoms with Gasteiger partial charge in [0.2, 0.25) is 17.7 Å². The molecule has 1 aliphatic rings. The summed E-state index contributed by atoms with van der Waals surface area (Å²) in [5.41, 5.74) is 1.99. The van der Waals surface area contributed by atoms with Crippen molar-refractivity contribution in [1.29, 1.82) is 5.26 Å². The van der Waals surface area contributed by atoms with Crippen molar-refractivity contribution < 1.29 is 9.21 Å². The molecule has 1 amide bonds. The number of pyridine rings is 1. The highest BCUT2D eigenvalue weighted by Crippen LogP contribution is 2.34. The maximum absolute atomic E-state index is 12.1. The van der Waals surface area contributed by atoms with Crippen LogP contribution in [0, 0.1) is 11.3 Å². The molecular formula is C21H15ClN6O2S. The molecule has 0 saturated heterocycles. The fraction of sp³-hybridized carbons (Fsp3) is 0.238. The maximum Gasteiger partial charge on any atom is 0.230 e. The molecule has 1 N–H and O–H groups in total. The van der Waals surface area contributed by atoms with Crippen molar-refractivity contribution in [3.63, 3.8) is 0 Å². The number of thiazole rings is 1. The Kier molecular flexibility index (Phi) is 4.88. The summed E-state index contributed by atoms with van der Waals surface area (Å²) in [7, 11) is 0. The smallest absolute Gasteiger partial charge is 0.230 e. The van der Waals surface area contributed by atoms with Crippen LogP contribution in [0.2, 0.25) is 5.02 Å². The molecule has 0 bridgehead atoms. The molecule has 1 aromatic carbocycles. The quantitative estimate of drug-likeness (QED) is 0.475. The molecule has 8 nitrogen and oxygen atoms in total. The third-order valence-corrected chi connectivity index (χ3v) is 6.16. The fourth-order valence-corrected chi connectivity index (χ4v) is 4.26. The predicted octanol–water partition coefficient (Wildman–Crippen LogP) is 3.70. The molecule has 1 fully saturated rings. The summed E-state index contributed by atoms with van der Waals surface area (Å²) in [6, 6.07) is 11.8. The van der Waals surface area contributed by atoms with Gasteiger partial charge >= 0.3 is 0 Å². The molecule has 154 valence electrons. The van der Waals surface area contributed by atoms with Crippen LogP contribution >= 0.6 is 22.9 Å². The number of carbonyl (C=O) groups excluding carboxylic acids is 1. The zero-order chi connectivity index (χ0) is 21.4. The summed E-state index contributed by atoms with van der Waals surface area (Å²) in [5.74, 6) is 0.318. The van der Waals surface area contributed by atoms with Gasteiger partial charge < -0.3 is 9.73 Å². The Morgan fingerprint density at radius 1 is 1.26 bits per heavy atom. The van der Waals surface area contributed by atoms with E-state index in [0.717, 1.165) is 26.5 Å². The number of hydrogen-bond donors (Lipinski definition) is 1. The molecule has 3 heterocycles. The SMILES string of the molecule is N#CC1(NC(=O)Cc2nnc(Cc3nc4ccc(-c5ccc(Cl)cn5)cc4s3)o2)CC1. The van der Waals surface area contributed by atoms with Crippen LogP contribution in [-0.2, 0) is 17.6 Å². The van der Waals surface area contributed by atoms with Crippen LogP contribution in [-0.4, -0.2) is 31.6 Å². The summed E-state index contributed by atoms with van der Waals surface area (Å²) in [4.78, 5) is 21.1. The molecule has 5 rings (SSSR count). The summed E-state index contributed by atoms with van der Waals surface area (Å²) in [6.45, 7) is 0. The molecule has 0 spiro atoms. The van der Waals surface area contributed by atoms with Crippen molar-refractivity contribution in [2.75, 3.05) is 0 Å². The van der Waals surface area contributed by atoms with E-state index in [1.165, 1.54) is 11.3 Å². The van der Waals surface area contributed by atoms with Gasteiger partial charge in [-0.15, -0.1) is 21.5 Å². The second-order valence-electron chi connectivity index (χ2n) is 7.34. The minimum atomic E-state index is -0.707. The van der Waals surface area contributed by atoms with Crippen molar-refractivity contribution in [2.24, 2.45) is 0 Å². The molecule has 1 aliphatic carbocycles. The van der Waals surface area contributed by atoms with Crippen LogP contribution in [0.4, 0.5) is 0 Å². The second-order valence-corrected chi connectivity index (χ2v) is 8.89. The average molecular weight is 451 g/mol. The van der Waals surface area contributed by atoms with Gasteiger partial charge in [-0.25, -0.2) is 4.98 Å². The summed E-state index contributed by atoms with van der Waals surface area (Å²) in [6.07, 6.45) is 3.31. The molecule has 1 saturated carbocycles. The highest BCUT2D eigenvalue weighted by Gasteiger charge is 2.44. The van der Waals surface area contributed by atoms with Gasteiger partial charge in [0.05, 0.1) is 33.4 Å². The molecule has 0 atom stereocenters. The monoisotopic (exact) mass is 450 g/mol. The Bertz CT molecular complexity index is 1320. The van der Waals surface area contributed by atoms with Crippen molar-refractivity contribution in [3.05, 3.63) is 58.3 Å². The molecule has 0 aliphatic heterocycles. The van der Waals surface area contributed by atoms with E-state index >= 15 is 0 Å². The van der Waals surface area contributed by atoms with Crippen molar-refractivity contribution >= 4 is 39.1 Å². The zero-order valence-electron chi connectivity index (χ0n) is 16.1. The number of nitrogens with one attached hydrogen (secondary N) is 1. The minimum Gasteiger partial charge on any atom is -0.424 e. The van der Waals surface area contributed by atoms with E-state index in [2.05, 4.69) is 31.6 Å². The van der Waals surface area contributed by atoms with E-state index in [4.69, 9.17) is 21.3 Å². The largest absolute Gasteiger partial charge is 0.424 e. The molecule has 4 aromatic rings. The molecular weight excluding hydrogens is 436 g/mol. The van der Waals surface area contributed by atoms with Gasteiger partial charge in [0.1, 0.15) is 17.0 Å². The molecule has 31 heavy (non-hydrogen) atoms. The lowest BCUT2D eigenvalue weighted by Gasteiger charge is -2.06. The van der Waals surface area contributed by atoms with E-state index in [-0.39, 0.29) is 18.2 Å². The number of carbonyl (C=O) groups is 1. The molecule has 3 aromatic heterocycles. The van der Waals surface area contributed by atoms with Crippen molar-refractivity contribution in [1.82, 2.24) is 25.5 Å².